The van der Waals surface area contributed by atoms with Gasteiger partial charge in [0.1, 0.15) is 11.5 Å². The van der Waals surface area contributed by atoms with E-state index in [1.165, 1.54) is 30.3 Å². The minimum Gasteiger partial charge on any atom is -0.477 e. The fourth-order valence-corrected chi connectivity index (χ4v) is 1.79. The van der Waals surface area contributed by atoms with E-state index in [2.05, 4.69) is 26.2 Å². The van der Waals surface area contributed by atoms with Gasteiger partial charge in [0.25, 0.3) is 5.91 Å². The van der Waals surface area contributed by atoms with Gasteiger partial charge in [0.05, 0.1) is 11.3 Å². The van der Waals surface area contributed by atoms with Gasteiger partial charge in [0, 0.05) is 10.7 Å². The van der Waals surface area contributed by atoms with Crippen LogP contribution in [0.1, 0.15) is 20.8 Å². The average Bonchev–Trinajstić information content (AvgIpc) is 2.43. The van der Waals surface area contributed by atoms with Crippen molar-refractivity contribution < 1.29 is 19.1 Å². The molecule has 0 aliphatic rings. The van der Waals surface area contributed by atoms with Crippen LogP contribution >= 0.6 is 15.9 Å². The number of aromatic nitrogens is 1. The summed E-state index contributed by atoms with van der Waals surface area (Å²) in [7, 11) is 0. The first kappa shape index (κ1) is 14.1. The van der Waals surface area contributed by atoms with Crippen LogP contribution in [0.3, 0.4) is 0 Å². The molecular formula is C13H8BrFN2O3. The zero-order valence-electron chi connectivity index (χ0n) is 9.93. The third-order valence-corrected chi connectivity index (χ3v) is 3.11. The molecule has 7 heteroatoms. The summed E-state index contributed by atoms with van der Waals surface area (Å²) in [5, 5.41) is 11.2. The summed E-state index contributed by atoms with van der Waals surface area (Å²) in [6, 6.07) is 6.44. The molecule has 0 atom stereocenters. The molecule has 0 saturated carbocycles. The van der Waals surface area contributed by atoms with Crippen LogP contribution in [0, 0.1) is 5.82 Å². The lowest BCUT2D eigenvalue weighted by molar-refractivity contribution is 0.0690. The molecule has 1 aromatic carbocycles. The standard InChI is InChI=1S/C13H8BrFN2O3/c14-9-3-2-8(15)5-11(9)17-12(18)7-1-4-10(13(19)20)16-6-7/h1-6H,(H,17,18)(H,19,20). The van der Waals surface area contributed by atoms with Crippen molar-refractivity contribution in [1.82, 2.24) is 4.98 Å². The molecule has 2 N–H and O–H groups in total. The van der Waals surface area contributed by atoms with E-state index >= 15 is 0 Å². The Morgan fingerprint density at radius 3 is 2.60 bits per heavy atom. The van der Waals surface area contributed by atoms with Gasteiger partial charge in [-0.05, 0) is 46.3 Å². The number of nitrogens with one attached hydrogen (secondary N) is 1. The number of nitrogens with zero attached hydrogens (tertiary/aromatic N) is 1. The summed E-state index contributed by atoms with van der Waals surface area (Å²) < 4.78 is 13.6. The lowest BCUT2D eigenvalue weighted by atomic mass is 10.2. The Kier molecular flexibility index (Phi) is 4.09. The van der Waals surface area contributed by atoms with Crippen molar-refractivity contribution in [2.24, 2.45) is 0 Å². The van der Waals surface area contributed by atoms with Gasteiger partial charge < -0.3 is 10.4 Å². The molecule has 2 aromatic rings. The van der Waals surface area contributed by atoms with E-state index in [0.717, 1.165) is 6.20 Å². The summed E-state index contributed by atoms with van der Waals surface area (Å²) in [4.78, 5) is 26.2. The number of halogens is 2. The average molecular weight is 339 g/mol. The normalized spacial score (nSPS) is 10.1. The second-order valence-electron chi connectivity index (χ2n) is 3.82. The molecule has 0 spiro atoms. The topological polar surface area (TPSA) is 79.3 Å². The maximum atomic E-state index is 13.1. The Balaban J connectivity index is 2.19. The molecule has 0 bridgehead atoms. The smallest absolute Gasteiger partial charge is 0.354 e. The van der Waals surface area contributed by atoms with Gasteiger partial charge in [-0.15, -0.1) is 0 Å². The number of aromatic carboxylic acids is 1. The van der Waals surface area contributed by atoms with Gasteiger partial charge >= 0.3 is 5.97 Å². The highest BCUT2D eigenvalue weighted by molar-refractivity contribution is 9.10. The molecule has 1 aromatic heterocycles. The quantitative estimate of drug-likeness (QED) is 0.901. The Labute approximate surface area is 121 Å². The van der Waals surface area contributed by atoms with E-state index < -0.39 is 17.7 Å². The van der Waals surface area contributed by atoms with Crippen molar-refractivity contribution in [2.45, 2.75) is 0 Å². The molecule has 0 radical (unpaired) electrons. The highest BCUT2D eigenvalue weighted by atomic mass is 79.9. The molecule has 0 aliphatic heterocycles. The minimum atomic E-state index is -1.18. The molecule has 102 valence electrons. The summed E-state index contributed by atoms with van der Waals surface area (Å²) >= 11 is 3.19. The van der Waals surface area contributed by atoms with Gasteiger partial charge in [0.15, 0.2) is 0 Å². The van der Waals surface area contributed by atoms with Gasteiger partial charge in [-0.3, -0.25) is 4.79 Å². The van der Waals surface area contributed by atoms with Gasteiger partial charge in [-0.1, -0.05) is 0 Å². The molecule has 0 aliphatic carbocycles. The number of carboxylic acids is 1. The second kappa shape index (κ2) is 5.79. The van der Waals surface area contributed by atoms with Gasteiger partial charge in [-0.25, -0.2) is 14.2 Å². The highest BCUT2D eigenvalue weighted by Crippen LogP contribution is 2.23. The first-order chi connectivity index (χ1) is 9.47. The molecular weight excluding hydrogens is 331 g/mol. The van der Waals surface area contributed by atoms with E-state index in [-0.39, 0.29) is 16.9 Å². The van der Waals surface area contributed by atoms with E-state index in [9.17, 15) is 14.0 Å². The van der Waals surface area contributed by atoms with Crippen LogP contribution in [-0.4, -0.2) is 22.0 Å². The third kappa shape index (κ3) is 3.18. The van der Waals surface area contributed by atoms with E-state index in [1.54, 1.807) is 0 Å². The number of pyridine rings is 1. The molecule has 0 saturated heterocycles. The lowest BCUT2D eigenvalue weighted by Gasteiger charge is -2.07. The molecule has 0 unspecified atom stereocenters. The number of carbonyl (C=O) groups is 2. The first-order valence-electron chi connectivity index (χ1n) is 5.43. The van der Waals surface area contributed by atoms with Crippen molar-refractivity contribution >= 4 is 33.5 Å². The Morgan fingerprint density at radius 1 is 1.25 bits per heavy atom. The molecule has 2 rings (SSSR count). The van der Waals surface area contributed by atoms with Crippen LogP contribution in [0.2, 0.25) is 0 Å². The largest absolute Gasteiger partial charge is 0.477 e. The van der Waals surface area contributed by atoms with Crippen molar-refractivity contribution in [3.05, 3.63) is 58.1 Å². The monoisotopic (exact) mass is 338 g/mol. The van der Waals surface area contributed by atoms with E-state index in [4.69, 9.17) is 5.11 Å². The minimum absolute atomic E-state index is 0.159. The molecule has 5 nitrogen and oxygen atoms in total. The number of rotatable bonds is 3. The summed E-state index contributed by atoms with van der Waals surface area (Å²) in [6.07, 6.45) is 1.14. The zero-order chi connectivity index (χ0) is 14.7. The van der Waals surface area contributed by atoms with Crippen LogP contribution in [0.15, 0.2) is 41.0 Å². The Morgan fingerprint density at radius 2 is 2.00 bits per heavy atom. The number of hydrogen-bond acceptors (Lipinski definition) is 3. The number of hydrogen-bond donors (Lipinski definition) is 2. The van der Waals surface area contributed by atoms with Crippen LogP contribution in [-0.2, 0) is 0 Å². The van der Waals surface area contributed by atoms with Crippen LogP contribution in [0.4, 0.5) is 10.1 Å². The fourth-order valence-electron chi connectivity index (χ4n) is 1.44. The third-order valence-electron chi connectivity index (χ3n) is 2.42. The van der Waals surface area contributed by atoms with E-state index in [1.807, 2.05) is 0 Å². The number of carbonyl (C=O) groups excluding carboxylic acids is 1. The van der Waals surface area contributed by atoms with Gasteiger partial charge in [-0.2, -0.15) is 0 Å². The van der Waals surface area contributed by atoms with E-state index in [0.29, 0.717) is 4.47 Å². The summed E-state index contributed by atoms with van der Waals surface area (Å²) in [5.74, 6) is -2.17. The van der Waals surface area contributed by atoms with Crippen LogP contribution in [0.5, 0.6) is 0 Å². The number of carboxylic acid groups (broad SMARTS) is 1. The van der Waals surface area contributed by atoms with Crippen LogP contribution in [0.25, 0.3) is 0 Å². The Hall–Kier alpha value is -2.28. The zero-order valence-corrected chi connectivity index (χ0v) is 11.5. The summed E-state index contributed by atoms with van der Waals surface area (Å²) in [6.45, 7) is 0. The predicted octanol–water partition coefficient (Wildman–Crippen LogP) is 2.93. The Bertz CT molecular complexity index is 674. The SMILES string of the molecule is O=C(Nc1cc(F)ccc1Br)c1ccc(C(=O)O)nc1. The van der Waals surface area contributed by atoms with Crippen LogP contribution < -0.4 is 5.32 Å². The summed E-state index contributed by atoms with van der Waals surface area (Å²) in [5.41, 5.74) is 0.289. The number of benzene rings is 1. The van der Waals surface area contributed by atoms with Crippen molar-refractivity contribution in [1.29, 1.82) is 0 Å². The van der Waals surface area contributed by atoms with Crippen molar-refractivity contribution in [2.75, 3.05) is 5.32 Å². The van der Waals surface area contributed by atoms with Crippen molar-refractivity contribution in [3.63, 3.8) is 0 Å². The lowest BCUT2D eigenvalue weighted by Crippen LogP contribution is -2.13. The first-order valence-corrected chi connectivity index (χ1v) is 6.22. The second-order valence-corrected chi connectivity index (χ2v) is 4.67. The maximum Gasteiger partial charge on any atom is 0.354 e. The highest BCUT2D eigenvalue weighted by Gasteiger charge is 2.11. The van der Waals surface area contributed by atoms with Gasteiger partial charge in [0.2, 0.25) is 0 Å². The maximum absolute atomic E-state index is 13.1. The molecule has 1 heterocycles. The number of anilines is 1. The molecule has 20 heavy (non-hydrogen) atoms. The fraction of sp³-hybridized carbons (Fsp3) is 0. The van der Waals surface area contributed by atoms with Crippen molar-refractivity contribution in [3.8, 4) is 0 Å². The predicted molar refractivity (Wildman–Crippen MR) is 73.2 cm³/mol. The molecule has 0 fully saturated rings. The number of amides is 1. The molecule has 1 amide bonds.